The van der Waals surface area contributed by atoms with Crippen LogP contribution in [0.3, 0.4) is 0 Å². The molecule has 0 radical (unpaired) electrons. The van der Waals surface area contributed by atoms with Crippen LogP contribution in [0.1, 0.15) is 220 Å². The summed E-state index contributed by atoms with van der Waals surface area (Å²) in [6.07, 6.45) is 15.8. The second-order valence-electron chi connectivity index (χ2n) is 43.0. The van der Waals surface area contributed by atoms with Crippen LogP contribution in [0.5, 0.6) is 0 Å². The van der Waals surface area contributed by atoms with Gasteiger partial charge < -0.3 is 69.0 Å². The van der Waals surface area contributed by atoms with E-state index in [9.17, 15) is 52.7 Å². The molecule has 4 amide bonds. The molecule has 16 saturated carbocycles. The summed E-state index contributed by atoms with van der Waals surface area (Å²) >= 11 is 0. The highest BCUT2D eigenvalue weighted by molar-refractivity contribution is 5.87. The molecule has 0 aromatic heterocycles. The van der Waals surface area contributed by atoms with Crippen LogP contribution in [0.2, 0.25) is 0 Å². The molecule has 26 nitrogen and oxygen atoms in total. The van der Waals surface area contributed by atoms with Crippen LogP contribution >= 0.6 is 0 Å². The Bertz CT molecular complexity index is 3800. The number of carbonyl (C=O) groups is 11. The predicted molar refractivity (Wildman–Crippen MR) is 458 cm³/mol. The molecule has 0 aromatic carbocycles. The maximum Gasteiger partial charge on any atom is 0.328 e. The smallest absolute Gasteiger partial charge is 0.328 e. The first-order chi connectivity index (χ1) is 58.9. The number of hydrogen-bond donors (Lipinski definition) is 5. The van der Waals surface area contributed by atoms with Gasteiger partial charge in [0.15, 0.2) is 6.79 Å². The van der Waals surface area contributed by atoms with E-state index >= 15 is 0 Å². The van der Waals surface area contributed by atoms with Gasteiger partial charge in [0, 0.05) is 37.4 Å². The fourth-order valence-electron chi connectivity index (χ4n) is 29.5. The largest absolute Gasteiger partial charge is 0.463 e. The Morgan fingerprint density at radius 2 is 0.806 bits per heavy atom. The third-order valence-electron chi connectivity index (χ3n) is 36.5. The lowest BCUT2D eigenvalue weighted by Crippen LogP contribution is -2.45. The van der Waals surface area contributed by atoms with Gasteiger partial charge in [0.1, 0.15) is 63.8 Å². The van der Waals surface area contributed by atoms with Crippen molar-refractivity contribution in [3.8, 4) is 6.07 Å². The molecule has 0 spiro atoms. The summed E-state index contributed by atoms with van der Waals surface area (Å²) in [5.74, 6) is 21.7. The summed E-state index contributed by atoms with van der Waals surface area (Å²) in [6.45, 7) is 38.5. The van der Waals surface area contributed by atoms with Crippen LogP contribution in [0, 0.1) is 236 Å². The highest BCUT2D eigenvalue weighted by atomic mass is 16.7. The quantitative estimate of drug-likeness (QED) is 0.0186. The lowest BCUT2D eigenvalue weighted by atomic mass is 9.62. The van der Waals surface area contributed by atoms with Gasteiger partial charge in [-0.15, -0.1) is 0 Å². The first kappa shape index (κ1) is 96.6. The minimum absolute atomic E-state index is 0.00118. The molecule has 40 unspecified atom stereocenters. The molecule has 26 heteroatoms. The summed E-state index contributed by atoms with van der Waals surface area (Å²) in [5.41, 5.74) is -0.338. The van der Waals surface area contributed by atoms with E-state index < -0.39 is 36.0 Å². The van der Waals surface area contributed by atoms with Gasteiger partial charge in [0.2, 0.25) is 23.6 Å². The minimum Gasteiger partial charge on any atom is -0.463 e. The summed E-state index contributed by atoms with van der Waals surface area (Å²) in [6, 6.07) is 1.19. The summed E-state index contributed by atoms with van der Waals surface area (Å²) in [7, 11) is 1.57. The Labute approximate surface area is 737 Å². The van der Waals surface area contributed by atoms with Gasteiger partial charge in [0.25, 0.3) is 0 Å². The molecule has 17 fully saturated rings. The molecule has 696 valence electrons. The van der Waals surface area contributed by atoms with Crippen molar-refractivity contribution in [3.05, 3.63) is 0 Å². The number of hydrogen-bond acceptors (Lipinski definition) is 22. The zero-order valence-corrected chi connectivity index (χ0v) is 77.7. The predicted octanol–water partition coefficient (Wildman–Crippen LogP) is 12.0. The number of nitrogens with zero attached hydrogens (tertiary/aromatic N) is 1. The molecular weight excluding hydrogens is 1580 g/mol. The van der Waals surface area contributed by atoms with E-state index in [-0.39, 0.29) is 155 Å². The molecule has 1 heterocycles. The number of nitriles is 1. The second-order valence-corrected chi connectivity index (χ2v) is 43.0. The number of cyclic esters (lactones) is 1. The van der Waals surface area contributed by atoms with Crippen molar-refractivity contribution < 1.29 is 100 Å². The number of ether oxygens (including phenoxy) is 9. The fraction of sp³-hybridized carbons (Fsp3) is 0.878. The van der Waals surface area contributed by atoms with Crippen LogP contribution < -0.4 is 21.3 Å². The van der Waals surface area contributed by atoms with Crippen molar-refractivity contribution in [1.82, 2.24) is 21.3 Å². The van der Waals surface area contributed by atoms with Crippen LogP contribution in [-0.4, -0.2) is 168 Å². The molecule has 0 aromatic rings. The molecule has 16 aliphatic carbocycles. The second kappa shape index (κ2) is 41.5. The highest BCUT2D eigenvalue weighted by Gasteiger charge is 2.69. The average molecular weight is 1740 g/mol. The first-order valence-corrected chi connectivity index (χ1v) is 48.3. The number of carbonyl (C=O) groups excluding carboxylic acids is 11. The van der Waals surface area contributed by atoms with Gasteiger partial charge in [-0.1, -0.05) is 83.1 Å². The van der Waals surface area contributed by atoms with E-state index in [1.165, 1.54) is 32.1 Å². The van der Waals surface area contributed by atoms with Crippen LogP contribution in [0.25, 0.3) is 0 Å². The van der Waals surface area contributed by atoms with Crippen molar-refractivity contribution >= 4 is 65.4 Å². The topological polar surface area (TPSA) is 363 Å². The summed E-state index contributed by atoms with van der Waals surface area (Å²) in [4.78, 5) is 131. The Morgan fingerprint density at radius 1 is 0.444 bits per heavy atom. The van der Waals surface area contributed by atoms with Gasteiger partial charge in [-0.05, 0) is 314 Å². The molecule has 5 N–H and O–H groups in total. The molecule has 124 heavy (non-hydrogen) atoms. The fourth-order valence-corrected chi connectivity index (χ4v) is 29.5. The van der Waals surface area contributed by atoms with E-state index in [0.29, 0.717) is 114 Å². The highest BCUT2D eigenvalue weighted by Crippen LogP contribution is 2.73. The van der Waals surface area contributed by atoms with Gasteiger partial charge in [-0.3, -0.25) is 47.9 Å². The maximum absolute atomic E-state index is 12.6. The molecular formula is C98H153N5O21. The number of methoxy groups -OCH3 is 1. The van der Waals surface area contributed by atoms with E-state index in [4.69, 9.17) is 53.0 Å². The Morgan fingerprint density at radius 3 is 1.16 bits per heavy atom. The van der Waals surface area contributed by atoms with Gasteiger partial charge in [0.05, 0.1) is 44.0 Å². The molecule has 17 aliphatic rings. The Kier molecular flexibility index (Phi) is 32.4. The van der Waals surface area contributed by atoms with E-state index in [0.717, 1.165) is 147 Å². The first-order valence-electron chi connectivity index (χ1n) is 48.3. The van der Waals surface area contributed by atoms with Gasteiger partial charge >= 0.3 is 41.8 Å². The lowest BCUT2D eigenvalue weighted by Gasteiger charge is -2.43. The monoisotopic (exact) mass is 1740 g/mol. The van der Waals surface area contributed by atoms with Crippen molar-refractivity contribution in [2.24, 2.45) is 225 Å². The zero-order chi connectivity index (χ0) is 89.9. The number of nitrogens with one attached hydrogen (secondary N) is 4. The van der Waals surface area contributed by atoms with E-state index in [2.05, 4.69) is 104 Å². The summed E-state index contributed by atoms with van der Waals surface area (Å²) in [5, 5.41) is 27.7. The molecule has 40 atom stereocenters. The number of amides is 4. The number of aliphatic hydroxyl groups excluding tert-OH is 1. The maximum atomic E-state index is 12.6. The SMILES string of the molecule is CC(NC(=O)C1CC2CC1C(C)C2C)C(=O)OC1COC(=O)C1.CC1C(C)C2CC1C1C3CC(C(=O)OC(C)(C)C)C(C3)C21.CC1C2CC(C(=O)NCC(=O)OCCC#N)C(C2)C1C.CC1C2CC(C(=O)NCC(=O)OCCO)C(C2)C1C.CCOCCOC(=O)CNC(=O)C1CC2CC1C(C)C2C.COCOC(=O)C1CC2CC1C1C3CC(C(C)C3C)C21. The third-order valence-corrected chi connectivity index (χ3v) is 36.5. The third kappa shape index (κ3) is 20.9. The molecule has 17 rings (SSSR count). The van der Waals surface area contributed by atoms with Crippen LogP contribution in [0.4, 0.5) is 0 Å². The van der Waals surface area contributed by atoms with Crippen molar-refractivity contribution in [1.29, 1.82) is 5.26 Å². The normalized spacial score (nSPS) is 42.3. The molecule has 1 saturated heterocycles. The minimum atomic E-state index is -0.704. The van der Waals surface area contributed by atoms with E-state index in [1.54, 1.807) is 14.0 Å². The molecule has 1 aliphatic heterocycles. The Hall–Kier alpha value is -6.46. The number of rotatable bonds is 25. The average Bonchev–Trinajstić information content (AvgIpc) is 1.54. The van der Waals surface area contributed by atoms with Crippen LogP contribution in [-0.2, 0) is 95.4 Å². The van der Waals surface area contributed by atoms with Gasteiger partial charge in [-0.2, -0.15) is 5.26 Å². The standard InChI is InChI=1S/C19H30O2.C17H25NO5.C17H26O3.C16H27NO4.C15H22N2O3.C14H23NO4/c1-9-10(2)13-8-12(9)16-11-6-14(17(13)16)15(7-11)18(20)21-19(3,4)5;1-8-9(2)13-4-11(8)5-14(13)16(20)18-10(3)17(21)23-12-6-15(19)22-7-12;1-8-9(2)12-6-11(8)15-10-4-13(16(12)15)14(5-10)17(18)20-7-19-3;1-4-20-5-6-21-15(18)9-17-16(19)14-8-12-7-13(14)11(3)10(12)2;1-9-10(2)12-6-11(9)7-13(12)15(19)17-8-14(18)20-5-3-4-16;1-8-9(2)11-5-10(8)6-12(11)14(18)15-7-13(17)19-4-3-16/h9-17H,6-8H2,1-5H3;8-14H,4-7H2,1-3H3,(H,18,20);8-16H,4-7H2,1-3H3;10-14H,4-9H2,1-3H3,(H,17,19);9-13H,3,5-8H2,1-2H3,(H,17,19);8-12,16H,3-7H2,1-2H3,(H,15,18). The Balaban J connectivity index is 0.000000136. The van der Waals surface area contributed by atoms with Crippen molar-refractivity contribution in [3.63, 3.8) is 0 Å². The zero-order valence-electron chi connectivity index (χ0n) is 77.7. The van der Waals surface area contributed by atoms with Gasteiger partial charge in [-0.25, -0.2) is 4.79 Å². The van der Waals surface area contributed by atoms with E-state index in [1.807, 2.05) is 33.8 Å². The molecule has 16 bridgehead atoms. The van der Waals surface area contributed by atoms with Crippen LogP contribution in [0.15, 0.2) is 0 Å². The number of fused-ring (bicyclic) bond motifs is 26. The lowest BCUT2D eigenvalue weighted by molar-refractivity contribution is -0.164. The summed E-state index contributed by atoms with van der Waals surface area (Å²) < 4.78 is 45.4. The number of esters is 7. The number of aliphatic hydroxyl groups is 1. The van der Waals surface area contributed by atoms with Crippen molar-refractivity contribution in [2.75, 3.05) is 79.8 Å². The van der Waals surface area contributed by atoms with Crippen molar-refractivity contribution in [2.45, 2.75) is 238 Å².